The van der Waals surface area contributed by atoms with Crippen LogP contribution in [0.5, 0.6) is 0 Å². The van der Waals surface area contributed by atoms with Gasteiger partial charge in [0.25, 0.3) is 0 Å². The Morgan fingerprint density at radius 2 is 2.24 bits per heavy atom. The first-order valence-electron chi connectivity index (χ1n) is 7.33. The number of carboxylic acids is 1. The zero-order valence-corrected chi connectivity index (χ0v) is 12.0. The first-order chi connectivity index (χ1) is 10.1. The number of carboxylic acid groups (broad SMARTS) is 1. The van der Waals surface area contributed by atoms with Crippen molar-refractivity contribution in [2.45, 2.75) is 38.1 Å². The van der Waals surface area contributed by atoms with E-state index in [1.54, 1.807) is 6.20 Å². The molecule has 1 fully saturated rings. The molecule has 0 saturated heterocycles. The smallest absolute Gasteiger partial charge is 0.329 e. The Morgan fingerprint density at radius 1 is 1.43 bits per heavy atom. The van der Waals surface area contributed by atoms with E-state index in [4.69, 9.17) is 0 Å². The number of anilines is 1. The quantitative estimate of drug-likeness (QED) is 0.906. The number of nitrogens with zero attached hydrogens (tertiary/aromatic N) is 2. The number of aromatic nitrogens is 2. The van der Waals surface area contributed by atoms with Crippen LogP contribution < -0.4 is 5.32 Å². The van der Waals surface area contributed by atoms with Gasteiger partial charge in [0.15, 0.2) is 5.82 Å². The molecule has 2 N–H and O–H groups in total. The maximum atomic E-state index is 11.9. The van der Waals surface area contributed by atoms with Crippen LogP contribution in [0.4, 0.5) is 5.82 Å². The number of carbonyl (C=O) groups is 1. The minimum atomic E-state index is -0.934. The van der Waals surface area contributed by atoms with Crippen molar-refractivity contribution >= 4 is 22.6 Å². The van der Waals surface area contributed by atoms with Gasteiger partial charge in [0, 0.05) is 10.8 Å². The second-order valence-corrected chi connectivity index (χ2v) is 5.99. The molecule has 1 heterocycles. The van der Waals surface area contributed by atoms with Crippen molar-refractivity contribution < 1.29 is 9.90 Å². The minimum Gasteiger partial charge on any atom is -0.480 e. The Hall–Kier alpha value is -2.17. The Balaban J connectivity index is 2.00. The lowest BCUT2D eigenvalue weighted by atomic mass is 9.76. The summed E-state index contributed by atoms with van der Waals surface area (Å²) in [4.78, 5) is 11.9. The summed E-state index contributed by atoms with van der Waals surface area (Å²) in [6.45, 7) is 2.10. The normalized spacial score (nSPS) is 25.7. The number of benzene rings is 1. The molecule has 1 aliphatic rings. The van der Waals surface area contributed by atoms with Gasteiger partial charge in [-0.3, -0.25) is 0 Å². The van der Waals surface area contributed by atoms with E-state index >= 15 is 0 Å². The predicted molar refractivity (Wildman–Crippen MR) is 81.2 cm³/mol. The van der Waals surface area contributed by atoms with Gasteiger partial charge in [0.2, 0.25) is 0 Å². The molecular weight excluding hydrogens is 266 g/mol. The predicted octanol–water partition coefficient (Wildman–Crippen LogP) is 3.08. The molecule has 5 heteroatoms. The fraction of sp³-hybridized carbons (Fsp3) is 0.438. The van der Waals surface area contributed by atoms with E-state index in [1.165, 1.54) is 0 Å². The molecule has 3 rings (SSSR count). The topological polar surface area (TPSA) is 75.1 Å². The molecule has 1 aliphatic carbocycles. The standard InChI is InChI=1S/C16H19N3O2/c1-11-5-4-8-16(9-11,15(20)21)18-14-13-7-3-2-6-12(13)10-17-19-14/h2-3,6-7,10-11H,4-5,8-9H2,1H3,(H,18,19)(H,20,21). The molecule has 0 aliphatic heterocycles. The van der Waals surface area contributed by atoms with E-state index in [0.717, 1.165) is 23.6 Å². The number of nitrogens with one attached hydrogen (secondary N) is 1. The zero-order chi connectivity index (χ0) is 14.9. The van der Waals surface area contributed by atoms with Gasteiger partial charge in [-0.2, -0.15) is 5.10 Å². The fourth-order valence-electron chi connectivity index (χ4n) is 3.26. The van der Waals surface area contributed by atoms with E-state index in [0.29, 0.717) is 24.6 Å². The van der Waals surface area contributed by atoms with Crippen molar-refractivity contribution in [2.24, 2.45) is 5.92 Å². The van der Waals surface area contributed by atoms with Crippen molar-refractivity contribution in [3.05, 3.63) is 30.5 Å². The van der Waals surface area contributed by atoms with Gasteiger partial charge in [-0.05, 0) is 18.8 Å². The molecule has 0 bridgehead atoms. The third kappa shape index (κ3) is 2.55. The molecule has 0 radical (unpaired) electrons. The minimum absolute atomic E-state index is 0.394. The number of rotatable bonds is 3. The molecule has 2 aromatic rings. The number of fused-ring (bicyclic) bond motifs is 1. The largest absolute Gasteiger partial charge is 0.480 e. The second-order valence-electron chi connectivity index (χ2n) is 5.99. The molecule has 1 saturated carbocycles. The summed E-state index contributed by atoms with van der Waals surface area (Å²) in [6, 6.07) is 7.75. The van der Waals surface area contributed by atoms with Crippen LogP contribution in [0.15, 0.2) is 30.5 Å². The lowest BCUT2D eigenvalue weighted by Crippen LogP contribution is -2.49. The molecule has 1 aromatic heterocycles. The Kier molecular flexibility index (Phi) is 3.49. The maximum absolute atomic E-state index is 11.9. The van der Waals surface area contributed by atoms with E-state index in [2.05, 4.69) is 22.4 Å². The highest BCUT2D eigenvalue weighted by Gasteiger charge is 2.42. The average Bonchev–Trinajstić information content (AvgIpc) is 2.47. The van der Waals surface area contributed by atoms with Gasteiger partial charge in [0.1, 0.15) is 5.54 Å². The molecule has 1 aromatic carbocycles. The first kappa shape index (κ1) is 13.8. The highest BCUT2D eigenvalue weighted by molar-refractivity contribution is 5.93. The third-order valence-electron chi connectivity index (χ3n) is 4.33. The monoisotopic (exact) mass is 285 g/mol. The van der Waals surface area contributed by atoms with E-state index in [-0.39, 0.29) is 0 Å². The summed E-state index contributed by atoms with van der Waals surface area (Å²) in [5.74, 6) is 0.152. The first-order valence-corrected chi connectivity index (χ1v) is 7.33. The molecule has 0 amide bonds. The lowest BCUT2D eigenvalue weighted by molar-refractivity contribution is -0.144. The summed E-state index contributed by atoms with van der Waals surface area (Å²) < 4.78 is 0. The van der Waals surface area contributed by atoms with Crippen LogP contribution in [-0.2, 0) is 4.79 Å². The molecule has 5 nitrogen and oxygen atoms in total. The average molecular weight is 285 g/mol. The Morgan fingerprint density at radius 3 is 3.00 bits per heavy atom. The molecule has 2 atom stereocenters. The van der Waals surface area contributed by atoms with Gasteiger partial charge < -0.3 is 10.4 Å². The van der Waals surface area contributed by atoms with Gasteiger partial charge in [-0.1, -0.05) is 44.0 Å². The zero-order valence-electron chi connectivity index (χ0n) is 12.0. The summed E-state index contributed by atoms with van der Waals surface area (Å²) in [6.07, 6.45) is 4.93. The van der Waals surface area contributed by atoms with Crippen molar-refractivity contribution in [1.29, 1.82) is 0 Å². The fourth-order valence-corrected chi connectivity index (χ4v) is 3.26. The van der Waals surface area contributed by atoms with E-state index in [9.17, 15) is 9.90 Å². The summed E-state index contributed by atoms with van der Waals surface area (Å²) >= 11 is 0. The maximum Gasteiger partial charge on any atom is 0.329 e. The highest BCUT2D eigenvalue weighted by Crippen LogP contribution is 2.36. The number of hydrogen-bond acceptors (Lipinski definition) is 4. The van der Waals surface area contributed by atoms with Gasteiger partial charge in [-0.25, -0.2) is 4.79 Å². The van der Waals surface area contributed by atoms with Crippen LogP contribution >= 0.6 is 0 Å². The second kappa shape index (κ2) is 5.31. The molecule has 2 unspecified atom stereocenters. The van der Waals surface area contributed by atoms with Crippen LogP contribution in [0.1, 0.15) is 32.6 Å². The van der Waals surface area contributed by atoms with Crippen molar-refractivity contribution in [1.82, 2.24) is 10.2 Å². The van der Waals surface area contributed by atoms with Gasteiger partial charge in [0.05, 0.1) is 6.20 Å². The molecule has 21 heavy (non-hydrogen) atoms. The lowest BCUT2D eigenvalue weighted by Gasteiger charge is -2.37. The Labute approximate surface area is 123 Å². The number of hydrogen-bond donors (Lipinski definition) is 2. The van der Waals surface area contributed by atoms with Crippen LogP contribution in [0.2, 0.25) is 0 Å². The SMILES string of the molecule is CC1CCCC(Nc2nncc3ccccc23)(C(=O)O)C1. The third-order valence-corrected chi connectivity index (χ3v) is 4.33. The van der Waals surface area contributed by atoms with Gasteiger partial charge in [-0.15, -0.1) is 5.10 Å². The molecular formula is C16H19N3O2. The summed E-state index contributed by atoms with van der Waals surface area (Å²) in [7, 11) is 0. The number of aliphatic carboxylic acids is 1. The van der Waals surface area contributed by atoms with Crippen LogP contribution in [0, 0.1) is 5.92 Å². The van der Waals surface area contributed by atoms with Gasteiger partial charge >= 0.3 is 5.97 Å². The van der Waals surface area contributed by atoms with Crippen molar-refractivity contribution in [3.8, 4) is 0 Å². The van der Waals surface area contributed by atoms with Crippen LogP contribution in [0.3, 0.4) is 0 Å². The highest BCUT2D eigenvalue weighted by atomic mass is 16.4. The van der Waals surface area contributed by atoms with Crippen molar-refractivity contribution in [3.63, 3.8) is 0 Å². The Bertz CT molecular complexity index is 668. The van der Waals surface area contributed by atoms with E-state index in [1.807, 2.05) is 24.3 Å². The van der Waals surface area contributed by atoms with Crippen LogP contribution in [0.25, 0.3) is 10.8 Å². The molecule has 0 spiro atoms. The van der Waals surface area contributed by atoms with Crippen molar-refractivity contribution in [2.75, 3.05) is 5.32 Å². The molecule has 110 valence electrons. The van der Waals surface area contributed by atoms with Crippen LogP contribution in [-0.4, -0.2) is 26.8 Å². The summed E-state index contributed by atoms with van der Waals surface area (Å²) in [5.41, 5.74) is -0.934. The summed E-state index contributed by atoms with van der Waals surface area (Å²) in [5, 5.41) is 22.9. The van der Waals surface area contributed by atoms with E-state index < -0.39 is 11.5 Å².